The summed E-state index contributed by atoms with van der Waals surface area (Å²) in [6.45, 7) is 1.84. The number of amides is 2. The van der Waals surface area contributed by atoms with Gasteiger partial charge < -0.3 is 20.8 Å². The SMILES string of the molecule is CSCCCCCCNC(=O)NC(C(=O)O)C(C)O. The molecule has 0 spiro atoms. The zero-order valence-electron chi connectivity index (χ0n) is 11.5. The van der Waals surface area contributed by atoms with E-state index in [0.717, 1.165) is 25.0 Å². The van der Waals surface area contributed by atoms with Crippen LogP contribution in [-0.4, -0.2) is 52.9 Å². The van der Waals surface area contributed by atoms with Crippen LogP contribution in [0.4, 0.5) is 4.79 Å². The second-order valence-electron chi connectivity index (χ2n) is 4.36. The predicted octanol–water partition coefficient (Wildman–Crippen LogP) is 1.04. The van der Waals surface area contributed by atoms with Crippen molar-refractivity contribution in [1.29, 1.82) is 0 Å². The van der Waals surface area contributed by atoms with Gasteiger partial charge in [0, 0.05) is 6.54 Å². The molecule has 4 N–H and O–H groups in total. The average molecular weight is 292 g/mol. The normalized spacial score (nSPS) is 13.6. The molecule has 0 aliphatic heterocycles. The summed E-state index contributed by atoms with van der Waals surface area (Å²) in [7, 11) is 0. The number of aliphatic hydroxyl groups excluding tert-OH is 1. The Kier molecular flexibility index (Phi) is 10.4. The highest BCUT2D eigenvalue weighted by Crippen LogP contribution is 2.03. The first kappa shape index (κ1) is 18.0. The molecule has 0 saturated heterocycles. The van der Waals surface area contributed by atoms with Crippen LogP contribution in [-0.2, 0) is 4.79 Å². The predicted molar refractivity (Wildman–Crippen MR) is 76.5 cm³/mol. The minimum Gasteiger partial charge on any atom is -0.480 e. The maximum Gasteiger partial charge on any atom is 0.328 e. The molecule has 0 aliphatic rings. The Morgan fingerprint density at radius 2 is 1.84 bits per heavy atom. The summed E-state index contributed by atoms with van der Waals surface area (Å²) in [5, 5.41) is 22.8. The Morgan fingerprint density at radius 1 is 1.21 bits per heavy atom. The highest BCUT2D eigenvalue weighted by atomic mass is 32.2. The number of thioether (sulfide) groups is 1. The van der Waals surface area contributed by atoms with Crippen molar-refractivity contribution in [2.75, 3.05) is 18.6 Å². The van der Waals surface area contributed by atoms with Crippen LogP contribution in [0.15, 0.2) is 0 Å². The van der Waals surface area contributed by atoms with E-state index in [0.29, 0.717) is 6.54 Å². The number of hydrogen-bond donors (Lipinski definition) is 4. The summed E-state index contributed by atoms with van der Waals surface area (Å²) in [5.41, 5.74) is 0. The monoisotopic (exact) mass is 292 g/mol. The minimum absolute atomic E-state index is 0.511. The molecule has 0 saturated carbocycles. The van der Waals surface area contributed by atoms with Crippen molar-refractivity contribution in [2.24, 2.45) is 0 Å². The largest absolute Gasteiger partial charge is 0.480 e. The Balaban J connectivity index is 3.66. The van der Waals surface area contributed by atoms with Crippen LogP contribution in [0.25, 0.3) is 0 Å². The average Bonchev–Trinajstić information content (AvgIpc) is 2.34. The number of urea groups is 1. The third kappa shape index (κ3) is 9.61. The Labute approximate surface area is 118 Å². The number of carbonyl (C=O) groups is 2. The zero-order chi connectivity index (χ0) is 14.7. The van der Waals surface area contributed by atoms with Crippen molar-refractivity contribution >= 4 is 23.8 Å². The van der Waals surface area contributed by atoms with Gasteiger partial charge in [-0.15, -0.1) is 0 Å². The maximum atomic E-state index is 11.4. The molecule has 0 radical (unpaired) electrons. The van der Waals surface area contributed by atoms with Crippen LogP contribution in [0.2, 0.25) is 0 Å². The van der Waals surface area contributed by atoms with Gasteiger partial charge >= 0.3 is 12.0 Å². The van der Waals surface area contributed by atoms with E-state index in [9.17, 15) is 14.7 Å². The van der Waals surface area contributed by atoms with Gasteiger partial charge in [-0.1, -0.05) is 12.8 Å². The maximum absolute atomic E-state index is 11.4. The van der Waals surface area contributed by atoms with E-state index in [2.05, 4.69) is 16.9 Å². The molecule has 0 aliphatic carbocycles. The van der Waals surface area contributed by atoms with E-state index >= 15 is 0 Å². The van der Waals surface area contributed by atoms with E-state index < -0.39 is 24.1 Å². The third-order valence-electron chi connectivity index (χ3n) is 2.60. The molecule has 0 bridgehead atoms. The molecule has 0 aromatic rings. The molecule has 2 amide bonds. The number of carbonyl (C=O) groups excluding carboxylic acids is 1. The molecule has 0 aromatic heterocycles. The summed E-state index contributed by atoms with van der Waals surface area (Å²) in [4.78, 5) is 22.1. The fourth-order valence-corrected chi connectivity index (χ4v) is 2.00. The quantitative estimate of drug-likeness (QED) is 0.451. The topological polar surface area (TPSA) is 98.7 Å². The van der Waals surface area contributed by atoms with Crippen molar-refractivity contribution < 1.29 is 19.8 Å². The number of unbranched alkanes of at least 4 members (excludes halogenated alkanes) is 3. The van der Waals surface area contributed by atoms with Crippen molar-refractivity contribution in [1.82, 2.24) is 10.6 Å². The highest BCUT2D eigenvalue weighted by Gasteiger charge is 2.24. The molecule has 19 heavy (non-hydrogen) atoms. The highest BCUT2D eigenvalue weighted by molar-refractivity contribution is 7.98. The fraction of sp³-hybridized carbons (Fsp3) is 0.833. The van der Waals surface area contributed by atoms with Crippen LogP contribution in [0, 0.1) is 0 Å². The second-order valence-corrected chi connectivity index (χ2v) is 5.35. The van der Waals surface area contributed by atoms with Gasteiger partial charge in [-0.2, -0.15) is 11.8 Å². The van der Waals surface area contributed by atoms with E-state index in [1.165, 1.54) is 13.3 Å². The van der Waals surface area contributed by atoms with Crippen LogP contribution in [0.3, 0.4) is 0 Å². The zero-order valence-corrected chi connectivity index (χ0v) is 12.3. The molecule has 0 heterocycles. The first-order valence-electron chi connectivity index (χ1n) is 6.43. The lowest BCUT2D eigenvalue weighted by molar-refractivity contribution is -0.141. The van der Waals surface area contributed by atoms with Gasteiger partial charge in [0.15, 0.2) is 6.04 Å². The van der Waals surface area contributed by atoms with E-state index in [1.54, 1.807) is 0 Å². The van der Waals surface area contributed by atoms with Gasteiger partial charge in [-0.05, 0) is 31.8 Å². The number of rotatable bonds is 10. The van der Waals surface area contributed by atoms with Crippen LogP contribution < -0.4 is 10.6 Å². The van der Waals surface area contributed by atoms with Crippen molar-refractivity contribution in [3.05, 3.63) is 0 Å². The van der Waals surface area contributed by atoms with Gasteiger partial charge in [-0.3, -0.25) is 0 Å². The summed E-state index contributed by atoms with van der Waals surface area (Å²) in [5.74, 6) is -0.0926. The van der Waals surface area contributed by atoms with Crippen molar-refractivity contribution in [3.63, 3.8) is 0 Å². The van der Waals surface area contributed by atoms with Gasteiger partial charge in [0.05, 0.1) is 6.10 Å². The van der Waals surface area contributed by atoms with E-state index in [-0.39, 0.29) is 0 Å². The Bertz CT molecular complexity index is 274. The molecular formula is C12H24N2O4S. The number of hydrogen-bond acceptors (Lipinski definition) is 4. The van der Waals surface area contributed by atoms with E-state index in [1.807, 2.05) is 11.8 Å². The number of carboxylic acid groups (broad SMARTS) is 1. The van der Waals surface area contributed by atoms with Crippen LogP contribution in [0.1, 0.15) is 32.6 Å². The Morgan fingerprint density at radius 3 is 2.37 bits per heavy atom. The summed E-state index contributed by atoms with van der Waals surface area (Å²) in [6.07, 6.45) is 5.17. The molecule has 2 atom stereocenters. The molecule has 0 aromatic carbocycles. The standard InChI is InChI=1S/C12H24N2O4S/c1-9(15)10(11(16)17)14-12(18)13-7-5-3-4-6-8-19-2/h9-10,15H,3-8H2,1-2H3,(H,16,17)(H2,13,14,18). The van der Waals surface area contributed by atoms with Gasteiger partial charge in [0.2, 0.25) is 0 Å². The van der Waals surface area contributed by atoms with Gasteiger partial charge in [0.25, 0.3) is 0 Å². The lowest BCUT2D eigenvalue weighted by atomic mass is 10.2. The van der Waals surface area contributed by atoms with E-state index in [4.69, 9.17) is 5.11 Å². The minimum atomic E-state index is -1.28. The molecule has 0 rings (SSSR count). The Hall–Kier alpha value is -0.950. The second kappa shape index (κ2) is 10.9. The van der Waals surface area contributed by atoms with Gasteiger partial charge in [-0.25, -0.2) is 9.59 Å². The number of nitrogens with one attached hydrogen (secondary N) is 2. The summed E-state index contributed by atoms with van der Waals surface area (Å²) < 4.78 is 0. The summed E-state index contributed by atoms with van der Waals surface area (Å²) >= 11 is 1.82. The third-order valence-corrected chi connectivity index (χ3v) is 3.29. The lowest BCUT2D eigenvalue weighted by Crippen LogP contribution is -2.51. The number of aliphatic carboxylic acids is 1. The van der Waals surface area contributed by atoms with Crippen LogP contribution in [0.5, 0.6) is 0 Å². The number of carboxylic acids is 1. The fourth-order valence-electron chi connectivity index (χ4n) is 1.51. The molecule has 2 unspecified atom stereocenters. The smallest absolute Gasteiger partial charge is 0.328 e. The number of aliphatic hydroxyl groups is 1. The molecule has 0 fully saturated rings. The molecule has 112 valence electrons. The summed E-state index contributed by atoms with van der Waals surface area (Å²) in [6, 6.07) is -1.83. The first-order chi connectivity index (χ1) is 8.99. The van der Waals surface area contributed by atoms with Gasteiger partial charge in [0.1, 0.15) is 0 Å². The van der Waals surface area contributed by atoms with Crippen molar-refractivity contribution in [2.45, 2.75) is 44.8 Å². The van der Waals surface area contributed by atoms with Crippen LogP contribution >= 0.6 is 11.8 Å². The molecular weight excluding hydrogens is 268 g/mol. The first-order valence-corrected chi connectivity index (χ1v) is 7.82. The lowest BCUT2D eigenvalue weighted by Gasteiger charge is -2.17. The molecule has 6 nitrogen and oxygen atoms in total. The molecule has 7 heteroatoms. The van der Waals surface area contributed by atoms with Crippen molar-refractivity contribution in [3.8, 4) is 0 Å².